The molecule has 0 bridgehead atoms. The maximum Gasteiger partial charge on any atom is 0.0795 e. The summed E-state index contributed by atoms with van der Waals surface area (Å²) in [5, 5.41) is 5.53. The standard InChI is InChI=1S/C12H22N2OS/c1-10(2)7-15-6-4-5-13-11(3)12-8-16-9-14-12/h8-11,13H,4-7H2,1-3H3. The van der Waals surface area contributed by atoms with Crippen molar-refractivity contribution < 1.29 is 4.74 Å². The quantitative estimate of drug-likeness (QED) is 0.712. The Kier molecular flexibility index (Phi) is 6.61. The van der Waals surface area contributed by atoms with Gasteiger partial charge in [-0.25, -0.2) is 4.98 Å². The van der Waals surface area contributed by atoms with Crippen LogP contribution in [0.15, 0.2) is 10.9 Å². The molecule has 0 fully saturated rings. The minimum Gasteiger partial charge on any atom is -0.381 e. The minimum atomic E-state index is 0.344. The molecule has 0 aliphatic rings. The van der Waals surface area contributed by atoms with E-state index in [1.807, 2.05) is 5.51 Å². The first kappa shape index (κ1) is 13.6. The van der Waals surface area contributed by atoms with E-state index in [-0.39, 0.29) is 0 Å². The lowest BCUT2D eigenvalue weighted by molar-refractivity contribution is 0.107. The van der Waals surface area contributed by atoms with Gasteiger partial charge >= 0.3 is 0 Å². The summed E-state index contributed by atoms with van der Waals surface area (Å²) in [5.74, 6) is 0.627. The van der Waals surface area contributed by atoms with Gasteiger partial charge in [0.2, 0.25) is 0 Å². The molecular weight excluding hydrogens is 220 g/mol. The molecule has 1 unspecified atom stereocenters. The molecule has 0 aliphatic heterocycles. The van der Waals surface area contributed by atoms with Crippen LogP contribution in [0, 0.1) is 5.92 Å². The number of nitrogens with one attached hydrogen (secondary N) is 1. The Bertz CT molecular complexity index is 262. The lowest BCUT2D eigenvalue weighted by Gasteiger charge is -2.11. The number of thiazole rings is 1. The Balaban J connectivity index is 1.99. The van der Waals surface area contributed by atoms with Crippen molar-refractivity contribution in [2.75, 3.05) is 19.8 Å². The lowest BCUT2D eigenvalue weighted by Crippen LogP contribution is -2.21. The highest BCUT2D eigenvalue weighted by molar-refractivity contribution is 7.07. The summed E-state index contributed by atoms with van der Waals surface area (Å²) in [6.07, 6.45) is 1.06. The van der Waals surface area contributed by atoms with Gasteiger partial charge in [0.05, 0.1) is 11.2 Å². The van der Waals surface area contributed by atoms with E-state index in [1.165, 1.54) is 0 Å². The van der Waals surface area contributed by atoms with Crippen molar-refractivity contribution in [1.29, 1.82) is 0 Å². The van der Waals surface area contributed by atoms with E-state index in [1.54, 1.807) is 11.3 Å². The number of aromatic nitrogens is 1. The highest BCUT2D eigenvalue weighted by Crippen LogP contribution is 2.11. The van der Waals surface area contributed by atoms with Gasteiger partial charge in [-0.05, 0) is 25.8 Å². The van der Waals surface area contributed by atoms with Crippen molar-refractivity contribution in [3.8, 4) is 0 Å². The zero-order chi connectivity index (χ0) is 11.8. The van der Waals surface area contributed by atoms with E-state index < -0.39 is 0 Å². The summed E-state index contributed by atoms with van der Waals surface area (Å²) < 4.78 is 5.51. The van der Waals surface area contributed by atoms with Crippen LogP contribution in [0.5, 0.6) is 0 Å². The molecule has 92 valence electrons. The van der Waals surface area contributed by atoms with Crippen molar-refractivity contribution in [2.24, 2.45) is 5.92 Å². The first-order valence-corrected chi connectivity index (χ1v) is 6.83. The predicted octanol–water partition coefficient (Wildman–Crippen LogP) is 2.86. The summed E-state index contributed by atoms with van der Waals surface area (Å²) in [6, 6.07) is 0.344. The van der Waals surface area contributed by atoms with E-state index in [0.29, 0.717) is 12.0 Å². The van der Waals surface area contributed by atoms with Crippen LogP contribution >= 0.6 is 11.3 Å². The summed E-state index contributed by atoms with van der Waals surface area (Å²) in [4.78, 5) is 4.28. The molecule has 0 saturated carbocycles. The summed E-state index contributed by atoms with van der Waals surface area (Å²) in [7, 11) is 0. The molecule has 0 aromatic carbocycles. The maximum atomic E-state index is 5.51. The Morgan fingerprint density at radius 2 is 2.25 bits per heavy atom. The number of hydrogen-bond donors (Lipinski definition) is 1. The van der Waals surface area contributed by atoms with Gasteiger partial charge in [-0.2, -0.15) is 0 Å². The zero-order valence-corrected chi connectivity index (χ0v) is 11.2. The third-order valence-corrected chi connectivity index (χ3v) is 2.87. The molecule has 1 heterocycles. The Labute approximate surface area is 102 Å². The van der Waals surface area contributed by atoms with Crippen molar-refractivity contribution in [3.63, 3.8) is 0 Å². The van der Waals surface area contributed by atoms with Crippen LogP contribution in [0.25, 0.3) is 0 Å². The fourth-order valence-electron chi connectivity index (χ4n) is 1.35. The van der Waals surface area contributed by atoms with E-state index in [2.05, 4.69) is 36.5 Å². The largest absolute Gasteiger partial charge is 0.381 e. The van der Waals surface area contributed by atoms with E-state index in [0.717, 1.165) is 31.9 Å². The topological polar surface area (TPSA) is 34.1 Å². The Hall–Kier alpha value is -0.450. The molecule has 16 heavy (non-hydrogen) atoms. The maximum absolute atomic E-state index is 5.51. The SMILES string of the molecule is CC(C)COCCCNC(C)c1cscn1. The molecule has 0 aliphatic carbocycles. The van der Waals surface area contributed by atoms with Crippen LogP contribution in [0.4, 0.5) is 0 Å². The first-order valence-electron chi connectivity index (χ1n) is 5.89. The number of rotatable bonds is 8. The minimum absolute atomic E-state index is 0.344. The van der Waals surface area contributed by atoms with Gasteiger partial charge in [0, 0.05) is 24.6 Å². The number of nitrogens with zero attached hydrogens (tertiary/aromatic N) is 1. The molecule has 4 heteroatoms. The Morgan fingerprint density at radius 3 is 2.88 bits per heavy atom. The monoisotopic (exact) mass is 242 g/mol. The second-order valence-electron chi connectivity index (χ2n) is 4.41. The van der Waals surface area contributed by atoms with Gasteiger partial charge in [0.1, 0.15) is 0 Å². The third kappa shape index (κ3) is 5.58. The normalized spacial score (nSPS) is 13.2. The first-order chi connectivity index (χ1) is 7.70. The molecule has 0 saturated heterocycles. The summed E-state index contributed by atoms with van der Waals surface area (Å²) in [6.45, 7) is 9.17. The van der Waals surface area contributed by atoms with Crippen LogP contribution in [0.2, 0.25) is 0 Å². The molecule has 1 atom stereocenters. The van der Waals surface area contributed by atoms with Crippen molar-refractivity contribution in [3.05, 3.63) is 16.6 Å². The highest BCUT2D eigenvalue weighted by atomic mass is 32.1. The van der Waals surface area contributed by atoms with Crippen LogP contribution in [0.1, 0.15) is 38.9 Å². The summed E-state index contributed by atoms with van der Waals surface area (Å²) >= 11 is 1.64. The van der Waals surface area contributed by atoms with Crippen LogP contribution < -0.4 is 5.32 Å². The van der Waals surface area contributed by atoms with Crippen molar-refractivity contribution in [1.82, 2.24) is 10.3 Å². The third-order valence-electron chi connectivity index (χ3n) is 2.26. The van der Waals surface area contributed by atoms with Gasteiger partial charge in [0.15, 0.2) is 0 Å². The number of ether oxygens (including phenoxy) is 1. The van der Waals surface area contributed by atoms with Gasteiger partial charge in [-0.15, -0.1) is 11.3 Å². The predicted molar refractivity (Wildman–Crippen MR) is 68.8 cm³/mol. The second kappa shape index (κ2) is 7.76. The average Bonchev–Trinajstić information content (AvgIpc) is 2.75. The smallest absolute Gasteiger partial charge is 0.0795 e. The van der Waals surface area contributed by atoms with Crippen molar-refractivity contribution in [2.45, 2.75) is 33.2 Å². The molecule has 1 aromatic heterocycles. The van der Waals surface area contributed by atoms with Crippen LogP contribution in [-0.2, 0) is 4.74 Å². The molecule has 0 amide bonds. The van der Waals surface area contributed by atoms with Gasteiger partial charge in [-0.3, -0.25) is 0 Å². The van der Waals surface area contributed by atoms with Crippen LogP contribution in [-0.4, -0.2) is 24.7 Å². The van der Waals surface area contributed by atoms with E-state index in [9.17, 15) is 0 Å². The Morgan fingerprint density at radius 1 is 1.44 bits per heavy atom. The molecule has 1 N–H and O–H groups in total. The summed E-state index contributed by atoms with van der Waals surface area (Å²) in [5.41, 5.74) is 3.01. The van der Waals surface area contributed by atoms with Crippen LogP contribution in [0.3, 0.4) is 0 Å². The molecule has 0 radical (unpaired) electrons. The van der Waals surface area contributed by atoms with Crippen molar-refractivity contribution >= 4 is 11.3 Å². The van der Waals surface area contributed by atoms with Gasteiger partial charge < -0.3 is 10.1 Å². The van der Waals surface area contributed by atoms with Gasteiger partial charge in [-0.1, -0.05) is 13.8 Å². The average molecular weight is 242 g/mol. The highest BCUT2D eigenvalue weighted by Gasteiger charge is 2.05. The van der Waals surface area contributed by atoms with E-state index >= 15 is 0 Å². The zero-order valence-electron chi connectivity index (χ0n) is 10.4. The second-order valence-corrected chi connectivity index (χ2v) is 5.13. The molecule has 1 aromatic rings. The number of hydrogen-bond acceptors (Lipinski definition) is 4. The lowest BCUT2D eigenvalue weighted by atomic mass is 10.2. The molecular formula is C12H22N2OS. The molecule has 0 spiro atoms. The molecule has 3 nitrogen and oxygen atoms in total. The van der Waals surface area contributed by atoms with E-state index in [4.69, 9.17) is 4.74 Å². The fraction of sp³-hybridized carbons (Fsp3) is 0.750. The van der Waals surface area contributed by atoms with Gasteiger partial charge in [0.25, 0.3) is 0 Å². The fourth-order valence-corrected chi connectivity index (χ4v) is 2.00. The molecule has 1 rings (SSSR count).